The van der Waals surface area contributed by atoms with E-state index in [1.54, 1.807) is 6.08 Å². The van der Waals surface area contributed by atoms with Crippen LogP contribution in [0.1, 0.15) is 29.9 Å². The predicted octanol–water partition coefficient (Wildman–Crippen LogP) is 1.49. The fourth-order valence-electron chi connectivity index (χ4n) is 1.75. The first-order valence-electron chi connectivity index (χ1n) is 5.63. The first kappa shape index (κ1) is 13.3. The van der Waals surface area contributed by atoms with Crippen LogP contribution in [0.25, 0.3) is 0 Å². The number of hydrogen-bond donors (Lipinski definition) is 2. The Labute approximate surface area is 102 Å². The smallest absolute Gasteiger partial charge is 0.188 e. The van der Waals surface area contributed by atoms with Crippen molar-refractivity contribution in [3.05, 3.63) is 29.7 Å². The topological polar surface area (TPSA) is 76.4 Å². The molecule has 0 saturated carbocycles. The fraction of sp³-hybridized carbons (Fsp3) is 0.500. The minimum atomic E-state index is 0.241. The van der Waals surface area contributed by atoms with E-state index in [-0.39, 0.29) is 5.92 Å². The fourth-order valence-corrected chi connectivity index (χ4v) is 1.75. The maximum Gasteiger partial charge on any atom is 0.188 e. The minimum absolute atomic E-state index is 0.241. The summed E-state index contributed by atoms with van der Waals surface area (Å²) in [5.74, 6) is 1.52. The first-order valence-corrected chi connectivity index (χ1v) is 5.63. The molecule has 5 heteroatoms. The monoisotopic (exact) mass is 236 g/mol. The Bertz CT molecular complexity index is 389. The van der Waals surface area contributed by atoms with Crippen molar-refractivity contribution in [1.29, 1.82) is 0 Å². The molecule has 0 aromatic carbocycles. The van der Waals surface area contributed by atoms with E-state index in [4.69, 9.17) is 10.3 Å². The van der Waals surface area contributed by atoms with Crippen LogP contribution in [0.4, 0.5) is 0 Å². The molecule has 0 amide bonds. The zero-order valence-corrected chi connectivity index (χ0v) is 10.7. The maximum absolute atomic E-state index is 5.69. The SMILES string of the molecule is C=CCNC(N)=NCC(C)c1c(C)noc1C. The highest BCUT2D eigenvalue weighted by atomic mass is 16.5. The van der Waals surface area contributed by atoms with Crippen LogP contribution in [-0.2, 0) is 0 Å². The molecule has 1 heterocycles. The summed E-state index contributed by atoms with van der Waals surface area (Å²) in [6.45, 7) is 10.8. The molecular weight excluding hydrogens is 216 g/mol. The molecule has 1 rings (SSSR count). The molecule has 0 aliphatic rings. The Morgan fingerprint density at radius 1 is 1.65 bits per heavy atom. The molecule has 1 aromatic heterocycles. The van der Waals surface area contributed by atoms with Crippen molar-refractivity contribution >= 4 is 5.96 Å². The van der Waals surface area contributed by atoms with Gasteiger partial charge in [0.05, 0.1) is 5.69 Å². The molecule has 0 radical (unpaired) electrons. The standard InChI is InChI=1S/C12H20N4O/c1-5-6-14-12(13)15-7-8(2)11-9(3)16-17-10(11)4/h5,8H,1,6-7H2,2-4H3,(H3,13,14,15). The second-order valence-electron chi connectivity index (χ2n) is 4.03. The number of guanidine groups is 1. The number of nitrogens with zero attached hydrogens (tertiary/aromatic N) is 2. The number of aromatic nitrogens is 1. The van der Waals surface area contributed by atoms with Gasteiger partial charge in [0.25, 0.3) is 0 Å². The van der Waals surface area contributed by atoms with Crippen LogP contribution in [0.3, 0.4) is 0 Å². The van der Waals surface area contributed by atoms with E-state index in [1.165, 1.54) is 0 Å². The quantitative estimate of drug-likeness (QED) is 0.461. The van der Waals surface area contributed by atoms with Gasteiger partial charge in [-0.2, -0.15) is 0 Å². The van der Waals surface area contributed by atoms with Crippen molar-refractivity contribution in [2.75, 3.05) is 13.1 Å². The molecule has 0 saturated heterocycles. The number of aliphatic imine (C=N–C) groups is 1. The third kappa shape index (κ3) is 3.62. The Kier molecular flexibility index (Phi) is 4.75. The zero-order chi connectivity index (χ0) is 12.8. The van der Waals surface area contributed by atoms with Crippen LogP contribution in [0.15, 0.2) is 22.2 Å². The lowest BCUT2D eigenvalue weighted by molar-refractivity contribution is 0.391. The van der Waals surface area contributed by atoms with Gasteiger partial charge in [-0.1, -0.05) is 18.2 Å². The molecule has 1 aromatic rings. The van der Waals surface area contributed by atoms with Crippen molar-refractivity contribution in [3.63, 3.8) is 0 Å². The van der Waals surface area contributed by atoms with E-state index in [9.17, 15) is 0 Å². The van der Waals surface area contributed by atoms with Gasteiger partial charge in [-0.25, -0.2) is 0 Å². The highest BCUT2D eigenvalue weighted by molar-refractivity contribution is 5.77. The van der Waals surface area contributed by atoms with E-state index in [0.29, 0.717) is 19.0 Å². The minimum Gasteiger partial charge on any atom is -0.370 e. The zero-order valence-electron chi connectivity index (χ0n) is 10.7. The molecule has 5 nitrogen and oxygen atoms in total. The third-order valence-corrected chi connectivity index (χ3v) is 2.54. The average Bonchev–Trinajstić information content (AvgIpc) is 2.63. The lowest BCUT2D eigenvalue weighted by Crippen LogP contribution is -2.32. The molecule has 94 valence electrons. The largest absolute Gasteiger partial charge is 0.370 e. The summed E-state index contributed by atoms with van der Waals surface area (Å²) in [6, 6.07) is 0. The Morgan fingerprint density at radius 3 is 2.88 bits per heavy atom. The summed E-state index contributed by atoms with van der Waals surface area (Å²) >= 11 is 0. The van der Waals surface area contributed by atoms with Gasteiger partial charge in [0.15, 0.2) is 5.96 Å². The van der Waals surface area contributed by atoms with E-state index in [1.807, 2.05) is 13.8 Å². The summed E-state index contributed by atoms with van der Waals surface area (Å²) in [5.41, 5.74) is 7.72. The number of aryl methyl sites for hydroxylation is 2. The number of nitrogens with one attached hydrogen (secondary N) is 1. The van der Waals surface area contributed by atoms with Crippen LogP contribution in [0.5, 0.6) is 0 Å². The molecule has 1 unspecified atom stereocenters. The highest BCUT2D eigenvalue weighted by Crippen LogP contribution is 2.22. The second kappa shape index (κ2) is 6.08. The maximum atomic E-state index is 5.69. The van der Waals surface area contributed by atoms with Crippen LogP contribution in [0.2, 0.25) is 0 Å². The van der Waals surface area contributed by atoms with Crippen molar-refractivity contribution in [1.82, 2.24) is 10.5 Å². The molecule has 0 fully saturated rings. The Hall–Kier alpha value is -1.78. The molecule has 0 aliphatic carbocycles. The lowest BCUT2D eigenvalue weighted by Gasteiger charge is -2.09. The van der Waals surface area contributed by atoms with Gasteiger partial charge in [0.2, 0.25) is 0 Å². The normalized spacial score (nSPS) is 13.5. The molecular formula is C12H20N4O. The number of nitrogens with two attached hydrogens (primary N) is 1. The van der Waals surface area contributed by atoms with Gasteiger partial charge in [0.1, 0.15) is 5.76 Å². The highest BCUT2D eigenvalue weighted by Gasteiger charge is 2.15. The van der Waals surface area contributed by atoms with Gasteiger partial charge < -0.3 is 15.6 Å². The second-order valence-corrected chi connectivity index (χ2v) is 4.03. The van der Waals surface area contributed by atoms with Crippen LogP contribution >= 0.6 is 0 Å². The van der Waals surface area contributed by atoms with Crippen LogP contribution in [0, 0.1) is 13.8 Å². The first-order chi connectivity index (χ1) is 8.06. The van der Waals surface area contributed by atoms with Crippen molar-refractivity contribution in [3.8, 4) is 0 Å². The molecule has 0 spiro atoms. The van der Waals surface area contributed by atoms with Gasteiger partial charge in [-0.05, 0) is 13.8 Å². The van der Waals surface area contributed by atoms with Gasteiger partial charge in [0, 0.05) is 24.6 Å². The van der Waals surface area contributed by atoms with Gasteiger partial charge in [-0.15, -0.1) is 6.58 Å². The van der Waals surface area contributed by atoms with Gasteiger partial charge >= 0.3 is 0 Å². The van der Waals surface area contributed by atoms with Crippen molar-refractivity contribution < 1.29 is 4.52 Å². The third-order valence-electron chi connectivity index (χ3n) is 2.54. The van der Waals surface area contributed by atoms with E-state index in [0.717, 1.165) is 17.0 Å². The molecule has 0 aliphatic heterocycles. The summed E-state index contributed by atoms with van der Waals surface area (Å²) in [4.78, 5) is 4.27. The average molecular weight is 236 g/mol. The van der Waals surface area contributed by atoms with Crippen LogP contribution < -0.4 is 11.1 Å². The van der Waals surface area contributed by atoms with Crippen LogP contribution in [-0.4, -0.2) is 24.2 Å². The Balaban J connectivity index is 2.61. The van der Waals surface area contributed by atoms with Gasteiger partial charge in [-0.3, -0.25) is 4.99 Å². The van der Waals surface area contributed by atoms with Crippen molar-refractivity contribution in [2.45, 2.75) is 26.7 Å². The summed E-state index contributed by atoms with van der Waals surface area (Å²) < 4.78 is 5.13. The molecule has 0 bridgehead atoms. The summed E-state index contributed by atoms with van der Waals surface area (Å²) in [7, 11) is 0. The summed E-state index contributed by atoms with van der Waals surface area (Å²) in [6.07, 6.45) is 1.74. The van der Waals surface area contributed by atoms with E-state index < -0.39 is 0 Å². The number of rotatable bonds is 5. The lowest BCUT2D eigenvalue weighted by atomic mass is 10.00. The molecule has 17 heavy (non-hydrogen) atoms. The Morgan fingerprint density at radius 2 is 2.35 bits per heavy atom. The number of hydrogen-bond acceptors (Lipinski definition) is 3. The van der Waals surface area contributed by atoms with E-state index in [2.05, 4.69) is 29.0 Å². The van der Waals surface area contributed by atoms with Crippen molar-refractivity contribution in [2.24, 2.45) is 10.7 Å². The predicted molar refractivity (Wildman–Crippen MR) is 69.1 cm³/mol. The van der Waals surface area contributed by atoms with E-state index >= 15 is 0 Å². The molecule has 3 N–H and O–H groups in total. The molecule has 1 atom stereocenters. The summed E-state index contributed by atoms with van der Waals surface area (Å²) in [5, 5.41) is 6.86.